The molecule has 5 heteroatoms. The minimum atomic E-state index is -0.687. The van der Waals surface area contributed by atoms with Crippen molar-refractivity contribution in [1.29, 1.82) is 0 Å². The van der Waals surface area contributed by atoms with Crippen LogP contribution in [0.1, 0.15) is 33.3 Å². The minimum Gasteiger partial charge on any atom is -0.399 e. The van der Waals surface area contributed by atoms with E-state index in [9.17, 15) is 4.39 Å². The highest BCUT2D eigenvalue weighted by Gasteiger charge is 2.52. The third-order valence-electron chi connectivity index (χ3n) is 3.97. The molecule has 1 N–H and O–H groups in total. The van der Waals surface area contributed by atoms with Crippen LogP contribution in [0.15, 0.2) is 18.2 Å². The van der Waals surface area contributed by atoms with Crippen molar-refractivity contribution in [3.05, 3.63) is 29.6 Å². The standard InChI is InChI=1S/C14H20BFO3/c1-13(2)14(3,4)19-15(18-13)11-6-5-10(7-8-17)9-12(11)16/h5-6,9,17H,7-8H2,1-4H3. The Kier molecular flexibility index (Phi) is 3.73. The second kappa shape index (κ2) is 4.89. The number of halogens is 1. The first-order valence-corrected chi connectivity index (χ1v) is 6.52. The van der Waals surface area contributed by atoms with Gasteiger partial charge >= 0.3 is 7.12 Å². The van der Waals surface area contributed by atoms with Crippen molar-refractivity contribution >= 4 is 12.6 Å². The number of hydrogen-bond donors (Lipinski definition) is 1. The van der Waals surface area contributed by atoms with Gasteiger partial charge in [0.1, 0.15) is 5.82 Å². The molecule has 0 amide bonds. The number of hydrogen-bond acceptors (Lipinski definition) is 3. The molecule has 0 aliphatic carbocycles. The van der Waals surface area contributed by atoms with Crippen molar-refractivity contribution in [3.63, 3.8) is 0 Å². The summed E-state index contributed by atoms with van der Waals surface area (Å²) in [6.45, 7) is 7.75. The predicted molar refractivity (Wildman–Crippen MR) is 72.9 cm³/mol. The molecule has 2 rings (SSSR count). The van der Waals surface area contributed by atoms with E-state index in [1.807, 2.05) is 27.7 Å². The molecule has 0 radical (unpaired) electrons. The van der Waals surface area contributed by atoms with Crippen molar-refractivity contribution in [1.82, 2.24) is 0 Å². The molecule has 0 unspecified atom stereocenters. The van der Waals surface area contributed by atoms with E-state index < -0.39 is 18.3 Å². The van der Waals surface area contributed by atoms with Crippen molar-refractivity contribution in [3.8, 4) is 0 Å². The zero-order valence-corrected chi connectivity index (χ0v) is 11.9. The Balaban J connectivity index is 2.25. The third kappa shape index (κ3) is 2.68. The Hall–Kier alpha value is -0.905. The maximum absolute atomic E-state index is 14.1. The van der Waals surface area contributed by atoms with E-state index in [1.165, 1.54) is 6.07 Å². The smallest absolute Gasteiger partial charge is 0.399 e. The van der Waals surface area contributed by atoms with Crippen LogP contribution in [-0.2, 0) is 15.7 Å². The molecule has 104 valence electrons. The first kappa shape index (κ1) is 14.5. The van der Waals surface area contributed by atoms with Gasteiger partial charge in [0.2, 0.25) is 0 Å². The Morgan fingerprint density at radius 2 is 1.74 bits per heavy atom. The summed E-state index contributed by atoms with van der Waals surface area (Å²) in [6.07, 6.45) is 0.445. The molecule has 1 saturated heterocycles. The fourth-order valence-corrected chi connectivity index (χ4v) is 2.02. The van der Waals surface area contributed by atoms with Crippen LogP contribution in [0.5, 0.6) is 0 Å². The van der Waals surface area contributed by atoms with Crippen molar-refractivity contribution in [2.75, 3.05) is 6.61 Å². The summed E-state index contributed by atoms with van der Waals surface area (Å²) >= 11 is 0. The van der Waals surface area contributed by atoms with Crippen LogP contribution in [0.3, 0.4) is 0 Å². The van der Waals surface area contributed by atoms with Gasteiger partial charge in [0.25, 0.3) is 0 Å². The van der Waals surface area contributed by atoms with Gasteiger partial charge in [-0.25, -0.2) is 4.39 Å². The van der Waals surface area contributed by atoms with Crippen LogP contribution < -0.4 is 5.46 Å². The fraction of sp³-hybridized carbons (Fsp3) is 0.571. The Morgan fingerprint density at radius 3 is 2.21 bits per heavy atom. The summed E-state index contributed by atoms with van der Waals surface area (Å²) in [5.74, 6) is -0.357. The molecule has 1 aromatic rings. The summed E-state index contributed by atoms with van der Waals surface area (Å²) in [5.41, 5.74) is 0.211. The van der Waals surface area contributed by atoms with E-state index in [1.54, 1.807) is 12.1 Å². The zero-order chi connectivity index (χ0) is 14.3. The molecule has 1 heterocycles. The van der Waals surface area contributed by atoms with E-state index in [-0.39, 0.29) is 12.4 Å². The molecule has 1 fully saturated rings. The highest BCUT2D eigenvalue weighted by Crippen LogP contribution is 2.36. The van der Waals surface area contributed by atoms with Crippen LogP contribution in [0.2, 0.25) is 0 Å². The molecule has 0 aromatic heterocycles. The molecular formula is C14H20BFO3. The highest BCUT2D eigenvalue weighted by atomic mass is 19.1. The molecule has 0 atom stereocenters. The summed E-state index contributed by atoms with van der Waals surface area (Å²) in [6, 6.07) is 4.89. The monoisotopic (exact) mass is 266 g/mol. The second-order valence-electron chi connectivity index (χ2n) is 5.92. The van der Waals surface area contributed by atoms with Gasteiger partial charge in [0, 0.05) is 12.1 Å². The van der Waals surface area contributed by atoms with Gasteiger partial charge in [0.15, 0.2) is 0 Å². The number of aliphatic hydroxyl groups excluding tert-OH is 1. The van der Waals surface area contributed by atoms with Crippen molar-refractivity contribution in [2.24, 2.45) is 0 Å². The van der Waals surface area contributed by atoms with Crippen LogP contribution in [-0.4, -0.2) is 30.0 Å². The lowest BCUT2D eigenvalue weighted by Gasteiger charge is -2.32. The topological polar surface area (TPSA) is 38.7 Å². The third-order valence-corrected chi connectivity index (χ3v) is 3.97. The Morgan fingerprint density at radius 1 is 1.16 bits per heavy atom. The molecule has 1 aliphatic heterocycles. The molecule has 0 saturated carbocycles. The minimum absolute atomic E-state index is 0.00920. The summed E-state index contributed by atoms with van der Waals surface area (Å²) in [4.78, 5) is 0. The maximum Gasteiger partial charge on any atom is 0.497 e. The zero-order valence-electron chi connectivity index (χ0n) is 11.9. The van der Waals surface area contributed by atoms with Gasteiger partial charge in [-0.2, -0.15) is 0 Å². The van der Waals surface area contributed by atoms with E-state index in [0.29, 0.717) is 11.9 Å². The quantitative estimate of drug-likeness (QED) is 0.845. The van der Waals surface area contributed by atoms with Gasteiger partial charge in [-0.1, -0.05) is 12.1 Å². The normalized spacial score (nSPS) is 20.8. The van der Waals surface area contributed by atoms with Gasteiger partial charge in [-0.15, -0.1) is 0 Å². The lowest BCUT2D eigenvalue weighted by molar-refractivity contribution is 0.00578. The average molecular weight is 266 g/mol. The van der Waals surface area contributed by atoms with Gasteiger partial charge in [-0.05, 0) is 45.7 Å². The van der Waals surface area contributed by atoms with E-state index in [2.05, 4.69) is 0 Å². The van der Waals surface area contributed by atoms with Gasteiger partial charge < -0.3 is 14.4 Å². The molecule has 0 bridgehead atoms. The van der Waals surface area contributed by atoms with E-state index in [4.69, 9.17) is 14.4 Å². The molecule has 1 aromatic carbocycles. The second-order valence-corrected chi connectivity index (χ2v) is 5.92. The first-order chi connectivity index (χ1) is 8.77. The van der Waals surface area contributed by atoms with Crippen molar-refractivity contribution < 1.29 is 18.8 Å². The highest BCUT2D eigenvalue weighted by molar-refractivity contribution is 6.62. The van der Waals surface area contributed by atoms with E-state index >= 15 is 0 Å². The number of benzene rings is 1. The predicted octanol–water partition coefficient (Wildman–Crippen LogP) is 1.66. The van der Waals surface area contributed by atoms with Gasteiger partial charge in [0.05, 0.1) is 11.2 Å². The average Bonchev–Trinajstić information content (AvgIpc) is 2.48. The number of rotatable bonds is 3. The summed E-state index contributed by atoms with van der Waals surface area (Å²) < 4.78 is 25.7. The molecule has 19 heavy (non-hydrogen) atoms. The SMILES string of the molecule is CC1(C)OB(c2ccc(CCO)cc2F)OC1(C)C. The fourth-order valence-electron chi connectivity index (χ4n) is 2.02. The maximum atomic E-state index is 14.1. The summed E-state index contributed by atoms with van der Waals surface area (Å²) in [5, 5.41) is 8.86. The summed E-state index contributed by atoms with van der Waals surface area (Å²) in [7, 11) is -0.687. The molecular weight excluding hydrogens is 246 g/mol. The van der Waals surface area contributed by atoms with Crippen LogP contribution in [0.4, 0.5) is 4.39 Å². The Bertz CT molecular complexity index is 458. The lowest BCUT2D eigenvalue weighted by atomic mass is 9.78. The molecule has 1 aliphatic rings. The van der Waals surface area contributed by atoms with Crippen LogP contribution >= 0.6 is 0 Å². The Labute approximate surface area is 113 Å². The van der Waals surface area contributed by atoms with E-state index in [0.717, 1.165) is 5.56 Å². The van der Waals surface area contributed by atoms with Crippen molar-refractivity contribution in [2.45, 2.75) is 45.3 Å². The van der Waals surface area contributed by atoms with Crippen LogP contribution in [0, 0.1) is 5.82 Å². The van der Waals surface area contributed by atoms with Crippen LogP contribution in [0.25, 0.3) is 0 Å². The first-order valence-electron chi connectivity index (χ1n) is 6.52. The number of aliphatic hydroxyl groups is 1. The molecule has 0 spiro atoms. The molecule has 3 nitrogen and oxygen atoms in total. The lowest BCUT2D eigenvalue weighted by Crippen LogP contribution is -2.41. The van der Waals surface area contributed by atoms with Gasteiger partial charge in [-0.3, -0.25) is 0 Å². The largest absolute Gasteiger partial charge is 0.497 e.